The molecule has 0 spiro atoms. The van der Waals surface area contributed by atoms with Crippen molar-refractivity contribution >= 4 is 5.97 Å². The van der Waals surface area contributed by atoms with Gasteiger partial charge in [0.15, 0.2) is 6.61 Å². The summed E-state index contributed by atoms with van der Waals surface area (Å²) >= 11 is 0. The zero-order chi connectivity index (χ0) is 27.7. The van der Waals surface area contributed by atoms with Crippen LogP contribution in [0.5, 0.6) is 17.2 Å². The van der Waals surface area contributed by atoms with Crippen LogP contribution in [0, 0.1) is 11.3 Å². The molecule has 1 heterocycles. The minimum Gasteiger partial charge on any atom is -0.482 e. The van der Waals surface area contributed by atoms with Crippen molar-refractivity contribution in [1.82, 2.24) is 0 Å². The van der Waals surface area contributed by atoms with E-state index >= 15 is 0 Å². The van der Waals surface area contributed by atoms with Crippen molar-refractivity contribution in [3.8, 4) is 23.3 Å². The van der Waals surface area contributed by atoms with Gasteiger partial charge in [0.2, 0.25) is 5.88 Å². The third-order valence-corrected chi connectivity index (χ3v) is 6.61. The molecule has 1 unspecified atom stereocenters. The van der Waals surface area contributed by atoms with Crippen LogP contribution in [0.1, 0.15) is 69.7 Å². The van der Waals surface area contributed by atoms with Crippen molar-refractivity contribution in [3.63, 3.8) is 0 Å². The van der Waals surface area contributed by atoms with Gasteiger partial charge in [-0.25, -0.2) is 4.79 Å². The van der Waals surface area contributed by atoms with Crippen LogP contribution < -0.4 is 19.9 Å². The Labute approximate surface area is 224 Å². The molecule has 4 rings (SSSR count). The Balaban J connectivity index is 1.50. The lowest BCUT2D eigenvalue weighted by molar-refractivity contribution is -0.136. The highest BCUT2D eigenvalue weighted by atomic mass is 16.6. The molecule has 0 fully saturated rings. The second kappa shape index (κ2) is 10.3. The summed E-state index contributed by atoms with van der Waals surface area (Å²) in [5.41, 5.74) is 10.6. The van der Waals surface area contributed by atoms with Gasteiger partial charge in [-0.1, -0.05) is 84.0 Å². The summed E-state index contributed by atoms with van der Waals surface area (Å²) in [6.07, 6.45) is 0. The van der Waals surface area contributed by atoms with E-state index in [0.717, 1.165) is 11.1 Å². The third kappa shape index (κ3) is 5.84. The molecular formula is C32H34N2O4. The minimum absolute atomic E-state index is 0.0113. The number of allylic oxidation sites excluding steroid dienone is 1. The molecule has 1 atom stereocenters. The van der Waals surface area contributed by atoms with Gasteiger partial charge in [0, 0.05) is 11.6 Å². The van der Waals surface area contributed by atoms with E-state index in [9.17, 15) is 10.1 Å². The first-order chi connectivity index (χ1) is 17.9. The van der Waals surface area contributed by atoms with E-state index in [1.807, 2.05) is 36.4 Å². The summed E-state index contributed by atoms with van der Waals surface area (Å²) in [6.45, 7) is 12.6. The maximum absolute atomic E-state index is 12.5. The zero-order valence-electron chi connectivity index (χ0n) is 22.8. The molecule has 1 aliphatic heterocycles. The first kappa shape index (κ1) is 26.8. The van der Waals surface area contributed by atoms with Gasteiger partial charge in [-0.05, 0) is 45.7 Å². The Morgan fingerprint density at radius 3 is 2.00 bits per heavy atom. The van der Waals surface area contributed by atoms with Gasteiger partial charge in [-0.3, -0.25) is 0 Å². The van der Waals surface area contributed by atoms with Gasteiger partial charge >= 0.3 is 5.97 Å². The van der Waals surface area contributed by atoms with Gasteiger partial charge < -0.3 is 19.9 Å². The minimum atomic E-state index is -0.545. The number of nitrogens with zero attached hydrogens (tertiary/aromatic N) is 1. The second-order valence-corrected chi connectivity index (χ2v) is 11.5. The van der Waals surface area contributed by atoms with Crippen LogP contribution in [0.3, 0.4) is 0 Å². The van der Waals surface area contributed by atoms with Crippen molar-refractivity contribution in [2.45, 2.75) is 58.3 Å². The number of esters is 1. The monoisotopic (exact) mass is 510 g/mol. The third-order valence-electron chi connectivity index (χ3n) is 6.61. The fourth-order valence-corrected chi connectivity index (χ4v) is 4.37. The molecule has 6 heteroatoms. The Bertz CT molecular complexity index is 1400. The highest BCUT2D eigenvalue weighted by Gasteiger charge is 2.31. The molecule has 2 N–H and O–H groups in total. The molecule has 0 bridgehead atoms. The fraction of sp³-hybridized carbons (Fsp3) is 0.312. The van der Waals surface area contributed by atoms with E-state index < -0.39 is 5.97 Å². The van der Waals surface area contributed by atoms with Crippen LogP contribution in [-0.2, 0) is 15.6 Å². The van der Waals surface area contributed by atoms with Gasteiger partial charge in [-0.2, -0.15) is 5.26 Å². The number of nitrogens with two attached hydrogens (primary N) is 1. The molecule has 196 valence electrons. The van der Waals surface area contributed by atoms with E-state index in [4.69, 9.17) is 19.9 Å². The number of ether oxygens (including phenoxy) is 3. The summed E-state index contributed by atoms with van der Waals surface area (Å²) < 4.78 is 16.9. The fourth-order valence-electron chi connectivity index (χ4n) is 4.37. The van der Waals surface area contributed by atoms with Crippen LogP contribution in [0.25, 0.3) is 0 Å². The summed E-state index contributed by atoms with van der Waals surface area (Å²) in [6, 6.07) is 23.2. The van der Waals surface area contributed by atoms with Crippen LogP contribution in [0.15, 0.2) is 78.2 Å². The van der Waals surface area contributed by atoms with Crippen molar-refractivity contribution in [1.29, 1.82) is 5.26 Å². The largest absolute Gasteiger partial charge is 0.482 e. The van der Waals surface area contributed by atoms with E-state index in [0.29, 0.717) is 22.8 Å². The lowest BCUT2D eigenvalue weighted by Gasteiger charge is -2.27. The first-order valence-electron chi connectivity index (χ1n) is 12.6. The maximum atomic E-state index is 12.5. The van der Waals surface area contributed by atoms with Gasteiger partial charge in [0.05, 0.1) is 5.92 Å². The van der Waals surface area contributed by atoms with E-state index in [1.165, 1.54) is 11.1 Å². The Hall–Kier alpha value is -4.24. The average molecular weight is 511 g/mol. The molecular weight excluding hydrogens is 476 g/mol. The van der Waals surface area contributed by atoms with Crippen molar-refractivity contribution in [3.05, 3.63) is 100 Å². The predicted octanol–water partition coefficient (Wildman–Crippen LogP) is 6.48. The first-order valence-corrected chi connectivity index (χ1v) is 12.6. The van der Waals surface area contributed by atoms with Crippen LogP contribution in [-0.4, -0.2) is 12.6 Å². The number of hydrogen-bond acceptors (Lipinski definition) is 6. The van der Waals surface area contributed by atoms with Gasteiger partial charge in [0.25, 0.3) is 0 Å². The number of rotatable bonds is 5. The van der Waals surface area contributed by atoms with E-state index in [2.05, 4.69) is 59.7 Å². The summed E-state index contributed by atoms with van der Waals surface area (Å²) in [4.78, 5) is 12.5. The SMILES string of the molecule is CC(C)(C)c1ccc(OCC(=O)Oc2ccc3c(c2)OC(N)=C(C#N)C3c2ccc(C(C)(C)C)cc2)cc1. The standard InChI is InChI=1S/C32H34N2O4/c1-31(2,3)21-9-7-20(8-10-21)29-25-16-15-24(17-27(25)38-30(34)26(29)18-33)37-28(35)19-36-23-13-11-22(12-14-23)32(4,5)6/h7-17,29H,19,34H2,1-6H3. The van der Waals surface area contributed by atoms with Crippen LogP contribution >= 0.6 is 0 Å². The number of fused-ring (bicyclic) bond motifs is 1. The summed E-state index contributed by atoms with van der Waals surface area (Å²) in [5, 5.41) is 9.83. The zero-order valence-corrected chi connectivity index (χ0v) is 22.8. The lowest BCUT2D eigenvalue weighted by atomic mass is 9.81. The molecule has 3 aromatic carbocycles. The summed E-state index contributed by atoms with van der Waals surface area (Å²) in [5.74, 6) is 0.436. The van der Waals surface area contributed by atoms with Crippen LogP contribution in [0.4, 0.5) is 0 Å². The van der Waals surface area contributed by atoms with Crippen molar-refractivity contribution in [2.75, 3.05) is 6.61 Å². The molecule has 0 aromatic heterocycles. The van der Waals surface area contributed by atoms with Gasteiger partial charge in [0.1, 0.15) is 28.9 Å². The molecule has 6 nitrogen and oxygen atoms in total. The number of carbonyl (C=O) groups excluding carboxylic acids is 1. The molecule has 0 saturated carbocycles. The normalized spacial score (nSPS) is 15.2. The Morgan fingerprint density at radius 1 is 0.895 bits per heavy atom. The maximum Gasteiger partial charge on any atom is 0.349 e. The molecule has 1 aliphatic rings. The quantitative estimate of drug-likeness (QED) is 0.312. The predicted molar refractivity (Wildman–Crippen MR) is 147 cm³/mol. The molecule has 0 saturated heterocycles. The van der Waals surface area contributed by atoms with Crippen molar-refractivity contribution < 1.29 is 19.0 Å². The molecule has 0 aliphatic carbocycles. The number of benzene rings is 3. The number of carbonyl (C=O) groups is 1. The van der Waals surface area contributed by atoms with E-state index in [1.54, 1.807) is 18.2 Å². The second-order valence-electron chi connectivity index (χ2n) is 11.5. The Kier molecular flexibility index (Phi) is 7.24. The summed E-state index contributed by atoms with van der Waals surface area (Å²) in [7, 11) is 0. The van der Waals surface area contributed by atoms with Crippen molar-refractivity contribution in [2.24, 2.45) is 5.73 Å². The molecule has 38 heavy (non-hydrogen) atoms. The topological polar surface area (TPSA) is 94.6 Å². The smallest absolute Gasteiger partial charge is 0.349 e. The molecule has 0 amide bonds. The highest BCUT2D eigenvalue weighted by Crippen LogP contribution is 2.43. The van der Waals surface area contributed by atoms with Gasteiger partial charge in [-0.15, -0.1) is 0 Å². The molecule has 3 aromatic rings. The molecule has 0 radical (unpaired) electrons. The van der Waals surface area contributed by atoms with E-state index in [-0.39, 0.29) is 29.2 Å². The van der Waals surface area contributed by atoms with Crippen LogP contribution in [0.2, 0.25) is 0 Å². The average Bonchev–Trinajstić information content (AvgIpc) is 2.86. The Morgan fingerprint density at radius 2 is 1.45 bits per heavy atom. The number of nitriles is 1. The number of hydrogen-bond donors (Lipinski definition) is 1. The highest BCUT2D eigenvalue weighted by molar-refractivity contribution is 5.74. The lowest BCUT2D eigenvalue weighted by Crippen LogP contribution is -2.22.